The molecule has 20 heavy (non-hydrogen) atoms. The van der Waals surface area contributed by atoms with Gasteiger partial charge < -0.3 is 10.6 Å². The molecule has 1 aliphatic heterocycles. The predicted octanol–water partition coefficient (Wildman–Crippen LogP) is 1.09. The maximum Gasteiger partial charge on any atom is 0.223 e. The summed E-state index contributed by atoms with van der Waals surface area (Å²) in [6.07, 6.45) is 3.21. The molecule has 1 fully saturated rings. The van der Waals surface area contributed by atoms with Crippen LogP contribution in [0.1, 0.15) is 33.1 Å². The molecule has 0 saturated carbocycles. The van der Waals surface area contributed by atoms with E-state index in [4.69, 9.17) is 5.73 Å². The van der Waals surface area contributed by atoms with Crippen LogP contribution < -0.4 is 5.73 Å². The van der Waals surface area contributed by atoms with Crippen molar-refractivity contribution in [3.05, 3.63) is 0 Å². The third-order valence-electron chi connectivity index (χ3n) is 3.74. The van der Waals surface area contributed by atoms with Crippen molar-refractivity contribution in [1.29, 1.82) is 0 Å². The average Bonchev–Trinajstić information content (AvgIpc) is 2.35. The van der Waals surface area contributed by atoms with Crippen molar-refractivity contribution in [3.8, 4) is 0 Å². The van der Waals surface area contributed by atoms with Gasteiger partial charge in [0.2, 0.25) is 5.91 Å². The van der Waals surface area contributed by atoms with Crippen LogP contribution in [-0.4, -0.2) is 55.4 Å². The van der Waals surface area contributed by atoms with Crippen LogP contribution in [0.25, 0.3) is 0 Å². The molecule has 1 heterocycles. The third kappa shape index (κ3) is 5.26. The molecule has 1 saturated heterocycles. The monoisotopic (exact) mass is 322 g/mol. The fourth-order valence-electron chi connectivity index (χ4n) is 2.33. The summed E-state index contributed by atoms with van der Waals surface area (Å²) in [6.45, 7) is 5.31. The third-order valence-corrected chi connectivity index (χ3v) is 6.38. The number of hydrogen-bond acceptors (Lipinski definition) is 5. The molecule has 1 amide bonds. The second-order valence-corrected chi connectivity index (χ2v) is 9.50. The summed E-state index contributed by atoms with van der Waals surface area (Å²) in [5, 5.41) is -0.661. The van der Waals surface area contributed by atoms with Crippen molar-refractivity contribution in [2.75, 3.05) is 30.9 Å². The first kappa shape index (κ1) is 17.8. The first-order valence-electron chi connectivity index (χ1n) is 6.93. The lowest BCUT2D eigenvalue weighted by Crippen LogP contribution is -2.50. The molecule has 0 aromatic rings. The predicted molar refractivity (Wildman–Crippen MR) is 84.4 cm³/mol. The second kappa shape index (κ2) is 7.13. The molecular weight excluding hydrogens is 296 g/mol. The van der Waals surface area contributed by atoms with E-state index in [0.29, 0.717) is 25.3 Å². The van der Waals surface area contributed by atoms with Crippen molar-refractivity contribution >= 4 is 27.5 Å². The van der Waals surface area contributed by atoms with E-state index in [1.54, 1.807) is 16.7 Å². The Morgan fingerprint density at radius 3 is 2.60 bits per heavy atom. The van der Waals surface area contributed by atoms with Crippen LogP contribution in [0.15, 0.2) is 0 Å². The Hall–Kier alpha value is -0.270. The fourth-order valence-corrected chi connectivity index (χ4v) is 5.16. The van der Waals surface area contributed by atoms with Crippen LogP contribution in [0.4, 0.5) is 0 Å². The summed E-state index contributed by atoms with van der Waals surface area (Å²) < 4.78 is 23.6. The standard InChI is InChI=1S/C13H26N2O3S2/c1-13(2,6-7-14)5-4-11(16)15-8-9-19-10-12(15)20(3,17)18/h12H,4-10,14H2,1-3H3. The van der Waals surface area contributed by atoms with Crippen molar-refractivity contribution in [2.45, 2.75) is 38.5 Å². The normalized spacial score (nSPS) is 21.0. The second-order valence-electron chi connectivity index (χ2n) is 6.15. The van der Waals surface area contributed by atoms with E-state index in [-0.39, 0.29) is 11.3 Å². The smallest absolute Gasteiger partial charge is 0.223 e. The lowest BCUT2D eigenvalue weighted by molar-refractivity contribution is -0.132. The highest BCUT2D eigenvalue weighted by atomic mass is 32.2. The van der Waals surface area contributed by atoms with E-state index in [1.807, 2.05) is 0 Å². The molecule has 2 N–H and O–H groups in total. The van der Waals surface area contributed by atoms with E-state index < -0.39 is 15.2 Å². The molecule has 0 aliphatic carbocycles. The lowest BCUT2D eigenvalue weighted by Gasteiger charge is -2.35. The molecule has 0 radical (unpaired) electrons. The van der Waals surface area contributed by atoms with Crippen molar-refractivity contribution in [2.24, 2.45) is 11.1 Å². The first-order chi connectivity index (χ1) is 9.17. The summed E-state index contributed by atoms with van der Waals surface area (Å²) in [6, 6.07) is 0. The highest BCUT2D eigenvalue weighted by Gasteiger charge is 2.34. The average molecular weight is 322 g/mol. The number of hydrogen-bond donors (Lipinski definition) is 1. The van der Waals surface area contributed by atoms with Crippen LogP contribution in [0.3, 0.4) is 0 Å². The van der Waals surface area contributed by atoms with Crippen LogP contribution in [0.2, 0.25) is 0 Å². The molecular formula is C13H26N2O3S2. The zero-order chi connectivity index (χ0) is 15.4. The van der Waals surface area contributed by atoms with Gasteiger partial charge in [-0.25, -0.2) is 8.42 Å². The topological polar surface area (TPSA) is 80.5 Å². The Kier molecular flexibility index (Phi) is 6.34. The molecule has 0 aromatic carbocycles. The Labute approximate surface area is 126 Å². The van der Waals surface area contributed by atoms with E-state index >= 15 is 0 Å². The van der Waals surface area contributed by atoms with E-state index in [9.17, 15) is 13.2 Å². The number of sulfone groups is 1. The quantitative estimate of drug-likeness (QED) is 0.792. The van der Waals surface area contributed by atoms with E-state index in [1.165, 1.54) is 6.26 Å². The van der Waals surface area contributed by atoms with Crippen molar-refractivity contribution < 1.29 is 13.2 Å². The minimum absolute atomic E-state index is 0.0233. The zero-order valence-electron chi connectivity index (χ0n) is 12.6. The van der Waals surface area contributed by atoms with Gasteiger partial charge in [-0.05, 0) is 24.8 Å². The molecule has 1 rings (SSSR count). The highest BCUT2D eigenvalue weighted by Crippen LogP contribution is 2.28. The SMILES string of the molecule is CC(C)(CCN)CCC(=O)N1CCSCC1S(C)(=O)=O. The van der Waals surface area contributed by atoms with Crippen LogP contribution in [0.5, 0.6) is 0 Å². The van der Waals surface area contributed by atoms with Gasteiger partial charge >= 0.3 is 0 Å². The minimum Gasteiger partial charge on any atom is -0.330 e. The number of nitrogens with two attached hydrogens (primary N) is 1. The van der Waals surface area contributed by atoms with Crippen LogP contribution in [0, 0.1) is 5.41 Å². The summed E-state index contributed by atoms with van der Waals surface area (Å²) in [5.74, 6) is 1.24. The number of carbonyl (C=O) groups is 1. The summed E-state index contributed by atoms with van der Waals surface area (Å²) in [7, 11) is -3.22. The van der Waals surface area contributed by atoms with Crippen LogP contribution >= 0.6 is 11.8 Å². The van der Waals surface area contributed by atoms with E-state index in [2.05, 4.69) is 13.8 Å². The molecule has 5 nitrogen and oxygen atoms in total. The molecule has 1 unspecified atom stereocenters. The van der Waals surface area contributed by atoms with Gasteiger partial charge in [-0.2, -0.15) is 11.8 Å². The van der Waals surface area contributed by atoms with Gasteiger partial charge in [0.05, 0.1) is 0 Å². The van der Waals surface area contributed by atoms with Gasteiger partial charge in [0.25, 0.3) is 0 Å². The number of nitrogens with zero attached hydrogens (tertiary/aromatic N) is 1. The summed E-state index contributed by atoms with van der Waals surface area (Å²) in [5.41, 5.74) is 5.59. The molecule has 7 heteroatoms. The van der Waals surface area contributed by atoms with Crippen molar-refractivity contribution in [1.82, 2.24) is 4.90 Å². The first-order valence-corrected chi connectivity index (χ1v) is 10.0. The summed E-state index contributed by atoms with van der Waals surface area (Å²) in [4.78, 5) is 13.9. The maximum atomic E-state index is 12.3. The number of carbonyl (C=O) groups excluding carboxylic acids is 1. The Balaban J connectivity index is 2.65. The van der Waals surface area contributed by atoms with Gasteiger partial charge in [-0.15, -0.1) is 0 Å². The number of rotatable bonds is 6. The van der Waals surface area contributed by atoms with Crippen LogP contribution in [-0.2, 0) is 14.6 Å². The fraction of sp³-hybridized carbons (Fsp3) is 0.923. The van der Waals surface area contributed by atoms with Gasteiger partial charge in [-0.1, -0.05) is 13.8 Å². The van der Waals surface area contributed by atoms with Gasteiger partial charge in [0.1, 0.15) is 5.37 Å². The Morgan fingerprint density at radius 2 is 2.05 bits per heavy atom. The Bertz CT molecular complexity index is 435. The Morgan fingerprint density at radius 1 is 1.40 bits per heavy atom. The van der Waals surface area contributed by atoms with Crippen molar-refractivity contribution in [3.63, 3.8) is 0 Å². The minimum atomic E-state index is -3.22. The lowest BCUT2D eigenvalue weighted by atomic mass is 9.84. The summed E-state index contributed by atoms with van der Waals surface area (Å²) >= 11 is 1.59. The van der Waals surface area contributed by atoms with Gasteiger partial charge in [-0.3, -0.25) is 4.79 Å². The zero-order valence-corrected chi connectivity index (χ0v) is 14.2. The number of thioether (sulfide) groups is 1. The van der Waals surface area contributed by atoms with Gasteiger partial charge in [0.15, 0.2) is 9.84 Å². The molecule has 1 aliphatic rings. The maximum absolute atomic E-state index is 12.3. The molecule has 0 aromatic heterocycles. The number of amides is 1. The largest absolute Gasteiger partial charge is 0.330 e. The molecule has 0 bridgehead atoms. The van der Waals surface area contributed by atoms with Gasteiger partial charge in [0, 0.05) is 30.7 Å². The highest BCUT2D eigenvalue weighted by molar-refractivity contribution is 8.00. The molecule has 118 valence electrons. The molecule has 0 spiro atoms. The molecule has 1 atom stereocenters. The van der Waals surface area contributed by atoms with E-state index in [0.717, 1.165) is 18.6 Å².